The number of aromatic nitrogens is 1. The van der Waals surface area contributed by atoms with Crippen molar-refractivity contribution in [2.45, 2.75) is 30.4 Å². The molecule has 12 heteroatoms. The molecule has 0 N–H and O–H groups in total. The molecule has 37 heavy (non-hydrogen) atoms. The van der Waals surface area contributed by atoms with Gasteiger partial charge in [-0.2, -0.15) is 4.31 Å². The lowest BCUT2D eigenvalue weighted by Crippen LogP contribution is -2.47. The third-order valence-corrected chi connectivity index (χ3v) is 11.5. The minimum absolute atomic E-state index is 0.0538. The average molecular weight is 583 g/mol. The number of hydrogen-bond acceptors (Lipinski definition) is 8. The molecular formula is C25H31ClN4O4S3. The van der Waals surface area contributed by atoms with Gasteiger partial charge in [0.25, 0.3) is 10.0 Å². The third-order valence-electron chi connectivity index (χ3n) is 6.87. The van der Waals surface area contributed by atoms with Crippen LogP contribution in [0, 0.1) is 12.8 Å². The molecule has 8 nitrogen and oxygen atoms in total. The summed E-state index contributed by atoms with van der Waals surface area (Å²) in [5.41, 5.74) is 2.02. The molecule has 1 amide bonds. The zero-order chi connectivity index (χ0) is 26.0. The van der Waals surface area contributed by atoms with E-state index < -0.39 is 15.9 Å². The number of amides is 1. The fraction of sp³-hybridized carbons (Fsp3) is 0.520. The van der Waals surface area contributed by atoms with Crippen LogP contribution in [-0.4, -0.2) is 81.0 Å². The van der Waals surface area contributed by atoms with Crippen LogP contribution in [0.5, 0.6) is 0 Å². The van der Waals surface area contributed by atoms with Crippen molar-refractivity contribution in [2.24, 2.45) is 5.92 Å². The molecule has 0 spiro atoms. The number of halogens is 1. The van der Waals surface area contributed by atoms with Crippen molar-refractivity contribution in [2.75, 3.05) is 57.4 Å². The maximum absolute atomic E-state index is 14.0. The molecule has 0 aliphatic carbocycles. The number of ether oxygens (including phenoxy) is 1. The highest BCUT2D eigenvalue weighted by Crippen LogP contribution is 2.34. The van der Waals surface area contributed by atoms with Gasteiger partial charge in [0, 0.05) is 39.3 Å². The van der Waals surface area contributed by atoms with E-state index in [1.165, 1.54) is 21.7 Å². The normalized spacial score (nSPS) is 19.9. The molecule has 2 aliphatic heterocycles. The van der Waals surface area contributed by atoms with Crippen LogP contribution < -0.4 is 4.90 Å². The van der Waals surface area contributed by atoms with Crippen LogP contribution >= 0.6 is 34.3 Å². The van der Waals surface area contributed by atoms with Crippen LogP contribution in [0.1, 0.15) is 24.8 Å². The highest BCUT2D eigenvalue weighted by Gasteiger charge is 2.36. The number of thiazole rings is 1. The first kappa shape index (κ1) is 27.0. The van der Waals surface area contributed by atoms with E-state index in [1.807, 2.05) is 19.1 Å². The van der Waals surface area contributed by atoms with Gasteiger partial charge in [0.2, 0.25) is 5.91 Å². The molecule has 2 aliphatic rings. The minimum atomic E-state index is -3.69. The summed E-state index contributed by atoms with van der Waals surface area (Å²) in [6.07, 6.45) is 2.10. The zero-order valence-corrected chi connectivity index (χ0v) is 24.0. The van der Waals surface area contributed by atoms with Crippen molar-refractivity contribution in [3.05, 3.63) is 40.2 Å². The van der Waals surface area contributed by atoms with Crippen LogP contribution in [0.15, 0.2) is 34.5 Å². The van der Waals surface area contributed by atoms with Crippen molar-refractivity contribution in [1.29, 1.82) is 0 Å². The summed E-state index contributed by atoms with van der Waals surface area (Å²) >= 11 is 8.57. The van der Waals surface area contributed by atoms with Gasteiger partial charge in [-0.15, -0.1) is 11.3 Å². The molecule has 0 bridgehead atoms. The van der Waals surface area contributed by atoms with Gasteiger partial charge >= 0.3 is 0 Å². The van der Waals surface area contributed by atoms with Crippen molar-refractivity contribution >= 4 is 65.6 Å². The lowest BCUT2D eigenvalue weighted by atomic mass is 9.98. The predicted molar refractivity (Wildman–Crippen MR) is 149 cm³/mol. The van der Waals surface area contributed by atoms with Crippen LogP contribution in [-0.2, 0) is 19.6 Å². The number of aryl methyl sites for hydroxylation is 1. The van der Waals surface area contributed by atoms with Gasteiger partial charge in [-0.25, -0.2) is 13.4 Å². The van der Waals surface area contributed by atoms with Crippen molar-refractivity contribution < 1.29 is 17.9 Å². The first-order chi connectivity index (χ1) is 17.8. The molecule has 5 rings (SSSR count). The molecular weight excluding hydrogens is 552 g/mol. The number of morpholine rings is 1. The van der Waals surface area contributed by atoms with Gasteiger partial charge in [0.15, 0.2) is 5.13 Å². The molecule has 2 aromatic heterocycles. The highest BCUT2D eigenvalue weighted by atomic mass is 35.5. The summed E-state index contributed by atoms with van der Waals surface area (Å²) in [6.45, 7) is 7.30. The van der Waals surface area contributed by atoms with Gasteiger partial charge in [-0.1, -0.05) is 29.0 Å². The van der Waals surface area contributed by atoms with Crippen LogP contribution in [0.4, 0.5) is 5.13 Å². The monoisotopic (exact) mass is 582 g/mol. The summed E-state index contributed by atoms with van der Waals surface area (Å²) in [4.78, 5) is 22.9. The van der Waals surface area contributed by atoms with E-state index in [9.17, 15) is 13.2 Å². The number of sulfonamides is 1. The Kier molecular flexibility index (Phi) is 8.49. The fourth-order valence-electron chi connectivity index (χ4n) is 4.86. The Morgan fingerprint density at radius 1 is 1.19 bits per heavy atom. The molecule has 1 atom stereocenters. The number of hydrogen-bond donors (Lipinski definition) is 0. The number of carbonyl (C=O) groups excluding carboxylic acids is 1. The Hall–Kier alpha value is -1.60. The number of carbonyl (C=O) groups is 1. The maximum atomic E-state index is 14.0. The number of anilines is 1. The van der Waals surface area contributed by atoms with E-state index in [2.05, 4.69) is 11.0 Å². The Morgan fingerprint density at radius 3 is 2.76 bits per heavy atom. The van der Waals surface area contributed by atoms with E-state index in [0.717, 1.165) is 66.4 Å². The molecule has 1 unspecified atom stereocenters. The maximum Gasteiger partial charge on any atom is 0.252 e. The standard InChI is InChI=1S/C25H31ClN4O4S3/c1-18-5-6-20-21(16-18)35-25(27-20)30(11-3-9-28-12-14-34-15-13-28)24(31)19-4-2-10-29(17-19)37(32,33)23-8-7-22(26)36-23/h5-8,16,19H,2-4,9-15,17H2,1H3. The Bertz CT molecular complexity index is 1350. The summed E-state index contributed by atoms with van der Waals surface area (Å²) in [5, 5.41) is 0.678. The predicted octanol–water partition coefficient (Wildman–Crippen LogP) is 4.48. The number of fused-ring (bicyclic) bond motifs is 1. The molecule has 0 radical (unpaired) electrons. The number of benzene rings is 1. The summed E-state index contributed by atoms with van der Waals surface area (Å²) in [6, 6.07) is 9.23. The van der Waals surface area contributed by atoms with E-state index in [-0.39, 0.29) is 16.7 Å². The number of piperidine rings is 1. The number of rotatable bonds is 8. The van der Waals surface area contributed by atoms with Gasteiger partial charge in [0.1, 0.15) is 4.21 Å². The third kappa shape index (κ3) is 6.19. The molecule has 2 fully saturated rings. The molecule has 200 valence electrons. The summed E-state index contributed by atoms with van der Waals surface area (Å²) in [5.74, 6) is -0.474. The molecule has 4 heterocycles. The lowest BCUT2D eigenvalue weighted by Gasteiger charge is -2.34. The van der Waals surface area contributed by atoms with E-state index in [1.54, 1.807) is 11.0 Å². The van der Waals surface area contributed by atoms with Crippen molar-refractivity contribution in [3.8, 4) is 0 Å². The first-order valence-corrected chi connectivity index (χ1v) is 16.0. The van der Waals surface area contributed by atoms with E-state index in [4.69, 9.17) is 21.3 Å². The molecule has 1 aromatic carbocycles. The van der Waals surface area contributed by atoms with Crippen LogP contribution in [0.3, 0.4) is 0 Å². The highest BCUT2D eigenvalue weighted by molar-refractivity contribution is 7.91. The van der Waals surface area contributed by atoms with Gasteiger partial charge in [-0.3, -0.25) is 14.6 Å². The van der Waals surface area contributed by atoms with Gasteiger partial charge in [0.05, 0.1) is 33.7 Å². The summed E-state index contributed by atoms with van der Waals surface area (Å²) < 4.78 is 35.0. The van der Waals surface area contributed by atoms with Crippen LogP contribution in [0.2, 0.25) is 4.34 Å². The average Bonchev–Trinajstić information content (AvgIpc) is 3.53. The SMILES string of the molecule is Cc1ccc2nc(N(CCCN3CCOCC3)C(=O)C3CCCN(S(=O)(=O)c4ccc(Cl)s4)C3)sc2c1. The molecule has 2 saturated heterocycles. The Morgan fingerprint density at radius 2 is 2.00 bits per heavy atom. The van der Waals surface area contributed by atoms with Gasteiger partial charge in [-0.05, 0) is 56.0 Å². The largest absolute Gasteiger partial charge is 0.379 e. The second kappa shape index (κ2) is 11.6. The summed E-state index contributed by atoms with van der Waals surface area (Å²) in [7, 11) is -3.69. The second-order valence-electron chi connectivity index (χ2n) is 9.53. The number of nitrogens with zero attached hydrogens (tertiary/aromatic N) is 4. The van der Waals surface area contributed by atoms with E-state index >= 15 is 0 Å². The van der Waals surface area contributed by atoms with Crippen molar-refractivity contribution in [1.82, 2.24) is 14.2 Å². The smallest absolute Gasteiger partial charge is 0.252 e. The Labute approximate surface area is 230 Å². The molecule has 0 saturated carbocycles. The minimum Gasteiger partial charge on any atom is -0.379 e. The van der Waals surface area contributed by atoms with Gasteiger partial charge < -0.3 is 4.74 Å². The van der Waals surface area contributed by atoms with Crippen molar-refractivity contribution in [3.63, 3.8) is 0 Å². The molecule has 3 aromatic rings. The first-order valence-electron chi connectivity index (χ1n) is 12.6. The Balaban J connectivity index is 1.35. The lowest BCUT2D eigenvalue weighted by molar-refractivity contribution is -0.123. The van der Waals surface area contributed by atoms with E-state index in [0.29, 0.717) is 35.4 Å². The fourth-order valence-corrected chi connectivity index (χ4v) is 9.11. The zero-order valence-electron chi connectivity index (χ0n) is 20.8. The van der Waals surface area contributed by atoms with Crippen LogP contribution in [0.25, 0.3) is 10.2 Å². The quantitative estimate of drug-likeness (QED) is 0.390. The second-order valence-corrected chi connectivity index (χ2v) is 14.4. The topological polar surface area (TPSA) is 83.1 Å². The number of thiophene rings is 1.